The van der Waals surface area contributed by atoms with Gasteiger partial charge in [-0.3, -0.25) is 4.79 Å². The summed E-state index contributed by atoms with van der Waals surface area (Å²) in [5.41, 5.74) is 4.63. The smallest absolute Gasteiger partial charge is 0.251 e. The number of amides is 1. The standard InChI is InChI=1S/C22H28N2O4S/c1-16-4-7-21(14-17(16)2)18(3)23-22(25)20-8-5-19(6-9-20)15-29(26,27)24-10-12-28-13-11-24/h4-9,14,18H,10-13,15H2,1-3H3,(H,23,25)/t18-/m1/s1. The largest absolute Gasteiger partial charge is 0.379 e. The summed E-state index contributed by atoms with van der Waals surface area (Å²) in [6.07, 6.45) is 0. The molecule has 2 aromatic rings. The normalized spacial score (nSPS) is 16.4. The molecule has 1 heterocycles. The molecule has 0 spiro atoms. The lowest BCUT2D eigenvalue weighted by atomic mass is 10.0. The van der Waals surface area contributed by atoms with Crippen molar-refractivity contribution >= 4 is 15.9 Å². The van der Waals surface area contributed by atoms with E-state index in [0.29, 0.717) is 37.4 Å². The van der Waals surface area contributed by atoms with Crippen molar-refractivity contribution in [1.29, 1.82) is 0 Å². The molecule has 1 fully saturated rings. The highest BCUT2D eigenvalue weighted by Gasteiger charge is 2.24. The number of nitrogens with one attached hydrogen (secondary N) is 1. The Morgan fingerprint density at radius 2 is 1.72 bits per heavy atom. The first-order valence-corrected chi connectivity index (χ1v) is 11.4. The molecular formula is C22H28N2O4S. The van der Waals surface area contributed by atoms with Gasteiger partial charge >= 0.3 is 0 Å². The van der Waals surface area contributed by atoms with E-state index >= 15 is 0 Å². The van der Waals surface area contributed by atoms with E-state index in [0.717, 1.165) is 5.56 Å². The third-order valence-electron chi connectivity index (χ3n) is 5.31. The summed E-state index contributed by atoms with van der Waals surface area (Å²) in [7, 11) is -3.38. The van der Waals surface area contributed by atoms with Gasteiger partial charge in [-0.05, 0) is 55.2 Å². The third-order valence-corrected chi connectivity index (χ3v) is 7.16. The molecule has 0 unspecified atom stereocenters. The van der Waals surface area contributed by atoms with Crippen LogP contribution < -0.4 is 5.32 Å². The summed E-state index contributed by atoms with van der Waals surface area (Å²) in [5, 5.41) is 3.00. The highest BCUT2D eigenvalue weighted by molar-refractivity contribution is 7.88. The molecule has 7 heteroatoms. The number of hydrogen-bond donors (Lipinski definition) is 1. The van der Waals surface area contributed by atoms with Crippen LogP contribution in [-0.4, -0.2) is 44.9 Å². The second kappa shape index (κ2) is 9.07. The van der Waals surface area contributed by atoms with Crippen molar-refractivity contribution in [2.75, 3.05) is 26.3 Å². The molecule has 3 rings (SSSR count). The Balaban J connectivity index is 1.63. The molecule has 1 atom stereocenters. The second-order valence-electron chi connectivity index (χ2n) is 7.50. The van der Waals surface area contributed by atoms with E-state index in [-0.39, 0.29) is 17.7 Å². The summed E-state index contributed by atoms with van der Waals surface area (Å²) in [6, 6.07) is 12.8. The maximum atomic E-state index is 12.6. The molecule has 0 bridgehead atoms. The summed E-state index contributed by atoms with van der Waals surface area (Å²) in [4.78, 5) is 12.6. The fraction of sp³-hybridized carbons (Fsp3) is 0.409. The van der Waals surface area contributed by atoms with Crippen LogP contribution in [0.5, 0.6) is 0 Å². The number of carbonyl (C=O) groups is 1. The Bertz CT molecular complexity index is 965. The number of ether oxygens (including phenoxy) is 1. The highest BCUT2D eigenvalue weighted by atomic mass is 32.2. The predicted molar refractivity (Wildman–Crippen MR) is 113 cm³/mol. The van der Waals surface area contributed by atoms with E-state index in [1.54, 1.807) is 24.3 Å². The van der Waals surface area contributed by atoms with Crippen LogP contribution in [0.2, 0.25) is 0 Å². The fourth-order valence-electron chi connectivity index (χ4n) is 3.28. The number of benzene rings is 2. The minimum absolute atomic E-state index is 0.0755. The number of aryl methyl sites for hydroxylation is 2. The van der Waals surface area contributed by atoms with Gasteiger partial charge in [0.25, 0.3) is 5.91 Å². The van der Waals surface area contributed by atoms with Gasteiger partial charge in [0.2, 0.25) is 10.0 Å². The number of sulfonamides is 1. The lowest BCUT2D eigenvalue weighted by Gasteiger charge is -2.26. The average Bonchev–Trinajstić information content (AvgIpc) is 2.71. The lowest BCUT2D eigenvalue weighted by molar-refractivity contribution is 0.0729. The van der Waals surface area contributed by atoms with Gasteiger partial charge in [-0.15, -0.1) is 0 Å². The van der Waals surface area contributed by atoms with E-state index in [2.05, 4.69) is 31.3 Å². The molecule has 0 saturated carbocycles. The van der Waals surface area contributed by atoms with E-state index < -0.39 is 10.0 Å². The van der Waals surface area contributed by atoms with Gasteiger partial charge < -0.3 is 10.1 Å². The van der Waals surface area contributed by atoms with Crippen LogP contribution in [0.15, 0.2) is 42.5 Å². The van der Waals surface area contributed by atoms with Gasteiger partial charge in [0.05, 0.1) is 25.0 Å². The Labute approximate surface area is 172 Å². The Kier molecular flexibility index (Phi) is 6.72. The van der Waals surface area contributed by atoms with E-state index in [9.17, 15) is 13.2 Å². The summed E-state index contributed by atoms with van der Waals surface area (Å²) in [5.74, 6) is -0.258. The van der Waals surface area contributed by atoms with Gasteiger partial charge in [0.1, 0.15) is 0 Å². The van der Waals surface area contributed by atoms with E-state index in [4.69, 9.17) is 4.74 Å². The van der Waals surface area contributed by atoms with Crippen LogP contribution >= 0.6 is 0 Å². The number of hydrogen-bond acceptors (Lipinski definition) is 4. The summed E-state index contributed by atoms with van der Waals surface area (Å²) in [6.45, 7) is 7.69. The van der Waals surface area contributed by atoms with Crippen LogP contribution in [0.1, 0.15) is 45.6 Å². The summed E-state index contributed by atoms with van der Waals surface area (Å²) < 4.78 is 31.7. The fourth-order valence-corrected chi connectivity index (χ4v) is 4.78. The van der Waals surface area contributed by atoms with Crippen molar-refractivity contribution in [3.8, 4) is 0 Å². The van der Waals surface area contributed by atoms with E-state index in [1.165, 1.54) is 15.4 Å². The highest BCUT2D eigenvalue weighted by Crippen LogP contribution is 2.18. The Morgan fingerprint density at radius 1 is 1.07 bits per heavy atom. The minimum atomic E-state index is -3.38. The number of morpholine rings is 1. The van der Waals surface area contributed by atoms with Crippen LogP contribution in [0.4, 0.5) is 0 Å². The molecule has 1 N–H and O–H groups in total. The second-order valence-corrected chi connectivity index (χ2v) is 9.47. The monoisotopic (exact) mass is 416 g/mol. The molecule has 2 aromatic carbocycles. The van der Waals surface area contributed by atoms with Crippen molar-refractivity contribution in [3.05, 3.63) is 70.3 Å². The summed E-state index contributed by atoms with van der Waals surface area (Å²) >= 11 is 0. The zero-order valence-electron chi connectivity index (χ0n) is 17.1. The van der Waals surface area contributed by atoms with Crippen molar-refractivity contribution in [1.82, 2.24) is 9.62 Å². The average molecular weight is 417 g/mol. The molecule has 0 aromatic heterocycles. The molecule has 1 saturated heterocycles. The molecular weight excluding hydrogens is 388 g/mol. The first-order chi connectivity index (χ1) is 13.8. The zero-order chi connectivity index (χ0) is 21.0. The molecule has 1 aliphatic rings. The topological polar surface area (TPSA) is 75.7 Å². The van der Waals surface area contributed by atoms with Crippen LogP contribution in [0.3, 0.4) is 0 Å². The van der Waals surface area contributed by atoms with Gasteiger partial charge in [-0.2, -0.15) is 4.31 Å². The number of rotatable bonds is 6. The molecule has 0 radical (unpaired) electrons. The predicted octanol–water partition coefficient (Wildman–Crippen LogP) is 2.96. The van der Waals surface area contributed by atoms with Crippen LogP contribution in [0, 0.1) is 13.8 Å². The van der Waals surface area contributed by atoms with Crippen LogP contribution in [-0.2, 0) is 20.5 Å². The molecule has 6 nitrogen and oxygen atoms in total. The Morgan fingerprint density at radius 3 is 2.34 bits per heavy atom. The first-order valence-electron chi connectivity index (χ1n) is 9.79. The van der Waals surface area contributed by atoms with Gasteiger partial charge in [0.15, 0.2) is 0 Å². The van der Waals surface area contributed by atoms with Gasteiger partial charge in [0, 0.05) is 18.7 Å². The van der Waals surface area contributed by atoms with E-state index in [1.807, 2.05) is 13.0 Å². The van der Waals surface area contributed by atoms with Crippen molar-refractivity contribution in [3.63, 3.8) is 0 Å². The molecule has 1 amide bonds. The maximum Gasteiger partial charge on any atom is 0.251 e. The SMILES string of the molecule is Cc1ccc([C@@H](C)NC(=O)c2ccc(CS(=O)(=O)N3CCOCC3)cc2)cc1C. The first kappa shape index (κ1) is 21.5. The van der Waals surface area contributed by atoms with Crippen molar-refractivity contribution in [2.45, 2.75) is 32.6 Å². The molecule has 1 aliphatic heterocycles. The quantitative estimate of drug-likeness (QED) is 0.786. The number of nitrogens with zero attached hydrogens (tertiary/aromatic N) is 1. The molecule has 156 valence electrons. The molecule has 0 aliphatic carbocycles. The van der Waals surface area contributed by atoms with Gasteiger partial charge in [-0.25, -0.2) is 8.42 Å². The third kappa shape index (κ3) is 5.44. The molecule has 29 heavy (non-hydrogen) atoms. The maximum absolute atomic E-state index is 12.6. The zero-order valence-corrected chi connectivity index (χ0v) is 18.0. The van der Waals surface area contributed by atoms with Crippen LogP contribution in [0.25, 0.3) is 0 Å². The Hall–Kier alpha value is -2.22. The number of carbonyl (C=O) groups excluding carboxylic acids is 1. The van der Waals surface area contributed by atoms with Gasteiger partial charge in [-0.1, -0.05) is 30.3 Å². The minimum Gasteiger partial charge on any atom is -0.379 e. The van der Waals surface area contributed by atoms with Crippen molar-refractivity contribution < 1.29 is 17.9 Å². The van der Waals surface area contributed by atoms with Crippen molar-refractivity contribution in [2.24, 2.45) is 0 Å². The lowest BCUT2D eigenvalue weighted by Crippen LogP contribution is -2.41.